The molecule has 21 heavy (non-hydrogen) atoms. The van der Waals surface area contributed by atoms with Crippen molar-refractivity contribution < 1.29 is 9.53 Å². The van der Waals surface area contributed by atoms with Crippen LogP contribution in [0.15, 0.2) is 48.8 Å². The smallest absolute Gasteiger partial charge is 0.238 e. The summed E-state index contributed by atoms with van der Waals surface area (Å²) in [5.74, 6) is 0.562. The summed E-state index contributed by atoms with van der Waals surface area (Å²) in [4.78, 5) is 15.9. The Morgan fingerprint density at radius 1 is 1.24 bits per heavy atom. The largest absolute Gasteiger partial charge is 0.495 e. The number of nitrogens with zero attached hydrogens (tertiary/aromatic N) is 1. The number of ether oxygens (including phenoxy) is 1. The van der Waals surface area contributed by atoms with Gasteiger partial charge in [0.2, 0.25) is 5.91 Å². The second-order valence-corrected chi connectivity index (χ2v) is 4.54. The first kappa shape index (κ1) is 15.0. The van der Waals surface area contributed by atoms with E-state index in [1.807, 2.05) is 42.6 Å². The van der Waals surface area contributed by atoms with Crippen LogP contribution >= 0.6 is 0 Å². The van der Waals surface area contributed by atoms with Gasteiger partial charge in [-0.25, -0.2) is 0 Å². The summed E-state index contributed by atoms with van der Waals surface area (Å²) in [6.45, 7) is 0.989. The number of aromatic nitrogens is 1. The Balaban J connectivity index is 1.72. The molecule has 5 heteroatoms. The van der Waals surface area contributed by atoms with Crippen LogP contribution in [0.25, 0.3) is 0 Å². The molecule has 1 amide bonds. The predicted octanol–water partition coefficient (Wildman–Crippen LogP) is 1.86. The zero-order chi connectivity index (χ0) is 14.9. The molecule has 2 rings (SSSR count). The second kappa shape index (κ2) is 8.01. The standard InChI is InChI=1S/C16H19N3O2/c1-21-15-7-3-2-6-14(15)19-16(20)12-18-10-8-13-5-4-9-17-11-13/h2-7,9,11,18H,8,10,12H2,1H3,(H,19,20). The van der Waals surface area contributed by atoms with Crippen molar-refractivity contribution in [2.75, 3.05) is 25.5 Å². The highest BCUT2D eigenvalue weighted by Crippen LogP contribution is 2.22. The molecule has 1 aromatic carbocycles. The van der Waals surface area contributed by atoms with Gasteiger partial charge in [-0.2, -0.15) is 0 Å². The van der Waals surface area contributed by atoms with E-state index in [1.165, 1.54) is 0 Å². The van der Waals surface area contributed by atoms with E-state index in [0.717, 1.165) is 18.5 Å². The fourth-order valence-corrected chi connectivity index (χ4v) is 1.92. The SMILES string of the molecule is COc1ccccc1NC(=O)CNCCc1cccnc1. The Morgan fingerprint density at radius 2 is 2.10 bits per heavy atom. The summed E-state index contributed by atoms with van der Waals surface area (Å²) >= 11 is 0. The lowest BCUT2D eigenvalue weighted by Crippen LogP contribution is -2.29. The normalized spacial score (nSPS) is 10.1. The number of hydrogen-bond acceptors (Lipinski definition) is 4. The Labute approximate surface area is 124 Å². The van der Waals surface area contributed by atoms with Crippen molar-refractivity contribution in [3.05, 3.63) is 54.4 Å². The average Bonchev–Trinajstić information content (AvgIpc) is 2.53. The molecule has 0 aliphatic heterocycles. The van der Waals surface area contributed by atoms with Crippen molar-refractivity contribution in [2.45, 2.75) is 6.42 Å². The molecule has 0 fully saturated rings. The minimum atomic E-state index is -0.0920. The number of carbonyl (C=O) groups excluding carboxylic acids is 1. The fraction of sp³-hybridized carbons (Fsp3) is 0.250. The van der Waals surface area contributed by atoms with Gasteiger partial charge in [0.25, 0.3) is 0 Å². The molecule has 0 radical (unpaired) electrons. The summed E-state index contributed by atoms with van der Waals surface area (Å²) in [6.07, 6.45) is 4.42. The van der Waals surface area contributed by atoms with Gasteiger partial charge in [0, 0.05) is 12.4 Å². The van der Waals surface area contributed by atoms with Crippen molar-refractivity contribution in [1.29, 1.82) is 0 Å². The number of hydrogen-bond donors (Lipinski definition) is 2. The van der Waals surface area contributed by atoms with Crippen LogP contribution in [0.5, 0.6) is 5.75 Å². The van der Waals surface area contributed by atoms with Crippen molar-refractivity contribution in [2.24, 2.45) is 0 Å². The molecule has 2 aromatic rings. The molecule has 0 unspecified atom stereocenters. The number of rotatable bonds is 7. The van der Waals surface area contributed by atoms with E-state index in [2.05, 4.69) is 15.6 Å². The number of pyridine rings is 1. The molecular formula is C16H19N3O2. The quantitative estimate of drug-likeness (QED) is 0.762. The van der Waals surface area contributed by atoms with Crippen molar-refractivity contribution in [3.63, 3.8) is 0 Å². The summed E-state index contributed by atoms with van der Waals surface area (Å²) < 4.78 is 5.19. The van der Waals surface area contributed by atoms with Gasteiger partial charge in [-0.1, -0.05) is 18.2 Å². The zero-order valence-corrected chi connectivity index (χ0v) is 12.0. The van der Waals surface area contributed by atoms with Gasteiger partial charge in [0.15, 0.2) is 0 Å². The van der Waals surface area contributed by atoms with Gasteiger partial charge in [0.1, 0.15) is 5.75 Å². The Kier molecular flexibility index (Phi) is 5.72. The maximum absolute atomic E-state index is 11.9. The predicted molar refractivity (Wildman–Crippen MR) is 82.4 cm³/mol. The lowest BCUT2D eigenvalue weighted by molar-refractivity contribution is -0.115. The molecule has 1 aromatic heterocycles. The third-order valence-electron chi connectivity index (χ3n) is 2.98. The molecule has 0 saturated heterocycles. The number of methoxy groups -OCH3 is 1. The van der Waals surface area contributed by atoms with Crippen LogP contribution in [0.4, 0.5) is 5.69 Å². The molecule has 0 aliphatic rings. The molecule has 0 atom stereocenters. The first-order chi connectivity index (χ1) is 10.3. The van der Waals surface area contributed by atoms with E-state index in [1.54, 1.807) is 13.3 Å². The highest BCUT2D eigenvalue weighted by atomic mass is 16.5. The Morgan fingerprint density at radius 3 is 2.86 bits per heavy atom. The summed E-state index contributed by atoms with van der Waals surface area (Å²) in [5, 5.41) is 5.93. The highest BCUT2D eigenvalue weighted by Gasteiger charge is 2.06. The van der Waals surface area contributed by atoms with E-state index in [9.17, 15) is 4.79 Å². The van der Waals surface area contributed by atoms with Crippen LogP contribution in [-0.4, -0.2) is 31.1 Å². The maximum Gasteiger partial charge on any atom is 0.238 e. The Bertz CT molecular complexity index is 573. The Hall–Kier alpha value is -2.40. The minimum Gasteiger partial charge on any atom is -0.495 e. The topological polar surface area (TPSA) is 63.2 Å². The third-order valence-corrected chi connectivity index (χ3v) is 2.98. The van der Waals surface area contributed by atoms with Crippen LogP contribution in [0.1, 0.15) is 5.56 Å². The highest BCUT2D eigenvalue weighted by molar-refractivity contribution is 5.93. The molecule has 0 saturated carbocycles. The van der Waals surface area contributed by atoms with Crippen LogP contribution in [0, 0.1) is 0 Å². The van der Waals surface area contributed by atoms with Crippen LogP contribution in [0.3, 0.4) is 0 Å². The van der Waals surface area contributed by atoms with Crippen molar-refractivity contribution in [1.82, 2.24) is 10.3 Å². The van der Waals surface area contributed by atoms with Gasteiger partial charge < -0.3 is 15.4 Å². The number of carbonyl (C=O) groups is 1. The molecular weight excluding hydrogens is 266 g/mol. The van der Waals surface area contributed by atoms with Gasteiger partial charge >= 0.3 is 0 Å². The fourth-order valence-electron chi connectivity index (χ4n) is 1.92. The number of anilines is 1. The molecule has 0 aliphatic carbocycles. The zero-order valence-electron chi connectivity index (χ0n) is 12.0. The van der Waals surface area contributed by atoms with E-state index in [-0.39, 0.29) is 12.5 Å². The van der Waals surface area contributed by atoms with Crippen LogP contribution in [-0.2, 0) is 11.2 Å². The lowest BCUT2D eigenvalue weighted by Gasteiger charge is -2.10. The molecule has 5 nitrogen and oxygen atoms in total. The summed E-state index contributed by atoms with van der Waals surface area (Å²) in [7, 11) is 1.58. The van der Waals surface area contributed by atoms with Gasteiger partial charge in [-0.05, 0) is 36.7 Å². The molecule has 1 heterocycles. The second-order valence-electron chi connectivity index (χ2n) is 4.54. The van der Waals surface area contributed by atoms with E-state index >= 15 is 0 Å². The number of benzene rings is 1. The van der Waals surface area contributed by atoms with E-state index < -0.39 is 0 Å². The average molecular weight is 285 g/mol. The van der Waals surface area contributed by atoms with Gasteiger partial charge in [-0.15, -0.1) is 0 Å². The number of amides is 1. The molecule has 110 valence electrons. The van der Waals surface area contributed by atoms with E-state index in [0.29, 0.717) is 11.4 Å². The van der Waals surface area contributed by atoms with Crippen LogP contribution in [0.2, 0.25) is 0 Å². The summed E-state index contributed by atoms with van der Waals surface area (Å²) in [5.41, 5.74) is 1.83. The first-order valence-electron chi connectivity index (χ1n) is 6.82. The maximum atomic E-state index is 11.9. The minimum absolute atomic E-state index is 0.0920. The summed E-state index contributed by atoms with van der Waals surface area (Å²) in [6, 6.07) is 11.3. The van der Waals surface area contributed by atoms with E-state index in [4.69, 9.17) is 4.74 Å². The van der Waals surface area contributed by atoms with Crippen molar-refractivity contribution >= 4 is 11.6 Å². The molecule has 0 spiro atoms. The molecule has 0 bridgehead atoms. The van der Waals surface area contributed by atoms with Gasteiger partial charge in [-0.3, -0.25) is 9.78 Å². The van der Waals surface area contributed by atoms with Gasteiger partial charge in [0.05, 0.1) is 19.3 Å². The lowest BCUT2D eigenvalue weighted by atomic mass is 10.2. The van der Waals surface area contributed by atoms with Crippen molar-refractivity contribution in [3.8, 4) is 5.75 Å². The number of para-hydroxylation sites is 2. The molecule has 2 N–H and O–H groups in total. The monoisotopic (exact) mass is 285 g/mol. The number of nitrogens with one attached hydrogen (secondary N) is 2. The third kappa shape index (κ3) is 4.89. The first-order valence-corrected chi connectivity index (χ1v) is 6.82. The van der Waals surface area contributed by atoms with Crippen LogP contribution < -0.4 is 15.4 Å².